The standard InChI is InChI=1S/C22H23N3O4/c1-24(2)10-5-11-25-19(14-6-4-9-23-13-14)18-20(26)16-8-7-15(28-3)12-17(16)29-21(18)22(25)27/h4,6-9,12-13,19H,5,10-11H2,1-3H3/t19-/m1/s1. The second kappa shape index (κ2) is 7.67. The number of aromatic nitrogens is 1. The van der Waals surface area contributed by atoms with Gasteiger partial charge < -0.3 is 19.0 Å². The van der Waals surface area contributed by atoms with E-state index in [2.05, 4.69) is 9.88 Å². The van der Waals surface area contributed by atoms with Gasteiger partial charge in [0.15, 0.2) is 5.43 Å². The lowest BCUT2D eigenvalue weighted by Crippen LogP contribution is -2.32. The summed E-state index contributed by atoms with van der Waals surface area (Å²) in [4.78, 5) is 34.6. The number of hydrogen-bond donors (Lipinski definition) is 0. The first-order valence-corrected chi connectivity index (χ1v) is 9.51. The predicted molar refractivity (Wildman–Crippen MR) is 109 cm³/mol. The van der Waals surface area contributed by atoms with E-state index in [1.165, 1.54) is 0 Å². The van der Waals surface area contributed by atoms with Crippen LogP contribution in [-0.4, -0.2) is 55.0 Å². The molecule has 1 atom stereocenters. The van der Waals surface area contributed by atoms with Crippen molar-refractivity contribution in [2.75, 3.05) is 34.3 Å². The minimum atomic E-state index is -0.504. The zero-order valence-corrected chi connectivity index (χ0v) is 16.7. The van der Waals surface area contributed by atoms with Crippen molar-refractivity contribution in [2.45, 2.75) is 12.5 Å². The smallest absolute Gasteiger partial charge is 0.290 e. The number of benzene rings is 1. The molecule has 7 nitrogen and oxygen atoms in total. The van der Waals surface area contributed by atoms with Crippen molar-refractivity contribution in [3.8, 4) is 5.75 Å². The summed E-state index contributed by atoms with van der Waals surface area (Å²) in [5.41, 5.74) is 1.33. The van der Waals surface area contributed by atoms with Crippen LogP contribution in [0.15, 0.2) is 51.9 Å². The molecule has 0 saturated carbocycles. The fourth-order valence-electron chi connectivity index (χ4n) is 3.80. The minimum Gasteiger partial charge on any atom is -0.497 e. The number of carbonyl (C=O) groups is 1. The van der Waals surface area contributed by atoms with Crippen molar-refractivity contribution in [1.82, 2.24) is 14.8 Å². The van der Waals surface area contributed by atoms with Crippen molar-refractivity contribution < 1.29 is 13.9 Å². The van der Waals surface area contributed by atoms with Crippen molar-refractivity contribution in [2.24, 2.45) is 0 Å². The van der Waals surface area contributed by atoms with Gasteiger partial charge >= 0.3 is 0 Å². The molecule has 29 heavy (non-hydrogen) atoms. The highest BCUT2D eigenvalue weighted by Crippen LogP contribution is 2.38. The van der Waals surface area contributed by atoms with E-state index in [4.69, 9.17) is 9.15 Å². The van der Waals surface area contributed by atoms with Gasteiger partial charge in [-0.2, -0.15) is 0 Å². The van der Waals surface area contributed by atoms with E-state index >= 15 is 0 Å². The molecule has 0 aliphatic carbocycles. The van der Waals surface area contributed by atoms with Crippen LogP contribution in [0.1, 0.15) is 34.1 Å². The molecular weight excluding hydrogens is 370 g/mol. The fraction of sp³-hybridized carbons (Fsp3) is 0.318. The zero-order valence-electron chi connectivity index (χ0n) is 16.7. The number of carbonyl (C=O) groups excluding carboxylic acids is 1. The van der Waals surface area contributed by atoms with Crippen LogP contribution >= 0.6 is 0 Å². The van der Waals surface area contributed by atoms with Crippen LogP contribution in [0.25, 0.3) is 11.0 Å². The highest BCUT2D eigenvalue weighted by molar-refractivity contribution is 5.99. The van der Waals surface area contributed by atoms with Gasteiger partial charge in [-0.05, 0) is 50.8 Å². The third-order valence-corrected chi connectivity index (χ3v) is 5.18. The third kappa shape index (κ3) is 3.38. The Labute approximate surface area is 168 Å². The molecule has 3 heterocycles. The lowest BCUT2D eigenvalue weighted by Gasteiger charge is -2.25. The maximum atomic E-state index is 13.4. The molecule has 1 aliphatic heterocycles. The summed E-state index contributed by atoms with van der Waals surface area (Å²) in [6.07, 6.45) is 4.15. The van der Waals surface area contributed by atoms with E-state index < -0.39 is 6.04 Å². The van der Waals surface area contributed by atoms with Crippen LogP contribution in [-0.2, 0) is 0 Å². The topological polar surface area (TPSA) is 75.9 Å². The minimum absolute atomic E-state index is 0.106. The monoisotopic (exact) mass is 393 g/mol. The summed E-state index contributed by atoms with van der Waals surface area (Å²) in [5, 5.41) is 0.432. The summed E-state index contributed by atoms with van der Waals surface area (Å²) >= 11 is 0. The van der Waals surface area contributed by atoms with Crippen LogP contribution in [0.5, 0.6) is 5.75 Å². The lowest BCUT2D eigenvalue weighted by molar-refractivity contribution is 0.0722. The van der Waals surface area contributed by atoms with Gasteiger partial charge in [-0.1, -0.05) is 6.07 Å². The Morgan fingerprint density at radius 2 is 2.07 bits per heavy atom. The molecule has 0 fully saturated rings. The van der Waals surface area contributed by atoms with Gasteiger partial charge in [-0.15, -0.1) is 0 Å². The molecule has 7 heteroatoms. The Balaban J connectivity index is 1.87. The van der Waals surface area contributed by atoms with Crippen LogP contribution in [0.3, 0.4) is 0 Å². The Hall–Kier alpha value is -3.19. The van der Waals surface area contributed by atoms with E-state index in [-0.39, 0.29) is 17.1 Å². The number of fused-ring (bicyclic) bond motifs is 2. The predicted octanol–water partition coefficient (Wildman–Crippen LogP) is 2.69. The quantitative estimate of drug-likeness (QED) is 0.641. The molecule has 4 rings (SSSR count). The Bertz CT molecular complexity index is 1110. The molecule has 1 aliphatic rings. The molecule has 2 aromatic heterocycles. The number of hydrogen-bond acceptors (Lipinski definition) is 6. The van der Waals surface area contributed by atoms with Crippen molar-refractivity contribution in [3.05, 3.63) is 69.8 Å². The Morgan fingerprint density at radius 1 is 1.24 bits per heavy atom. The van der Waals surface area contributed by atoms with Crippen LogP contribution in [0.2, 0.25) is 0 Å². The molecule has 0 bridgehead atoms. The maximum absolute atomic E-state index is 13.4. The van der Waals surface area contributed by atoms with E-state index in [1.807, 2.05) is 26.2 Å². The van der Waals surface area contributed by atoms with Gasteiger partial charge in [0.2, 0.25) is 5.76 Å². The third-order valence-electron chi connectivity index (χ3n) is 5.18. The SMILES string of the molecule is COc1ccc2c(=O)c3c(oc2c1)C(=O)N(CCCN(C)C)[C@@H]3c1cccnc1. The van der Waals surface area contributed by atoms with Crippen molar-refractivity contribution in [1.29, 1.82) is 0 Å². The molecule has 0 N–H and O–H groups in total. The summed E-state index contributed by atoms with van der Waals surface area (Å²) in [7, 11) is 5.53. The van der Waals surface area contributed by atoms with Gasteiger partial charge in [0, 0.05) is 25.0 Å². The zero-order chi connectivity index (χ0) is 20.5. The summed E-state index contributed by atoms with van der Waals surface area (Å²) in [5.74, 6) is 0.404. The first-order chi connectivity index (χ1) is 14.0. The number of nitrogens with zero attached hydrogens (tertiary/aromatic N) is 3. The lowest BCUT2D eigenvalue weighted by atomic mass is 10.00. The summed E-state index contributed by atoms with van der Waals surface area (Å²) in [6, 6.07) is 8.23. The molecule has 3 aromatic rings. The molecule has 1 amide bonds. The normalized spacial score (nSPS) is 15.9. The first-order valence-electron chi connectivity index (χ1n) is 9.51. The van der Waals surface area contributed by atoms with E-state index in [0.29, 0.717) is 28.8 Å². The summed E-state index contributed by atoms with van der Waals surface area (Å²) < 4.78 is 11.2. The molecule has 150 valence electrons. The Kier molecular flexibility index (Phi) is 5.07. The van der Waals surface area contributed by atoms with E-state index in [1.54, 1.807) is 42.6 Å². The first kappa shape index (κ1) is 19.1. The van der Waals surface area contributed by atoms with Crippen LogP contribution in [0.4, 0.5) is 0 Å². The largest absolute Gasteiger partial charge is 0.497 e. The van der Waals surface area contributed by atoms with Crippen molar-refractivity contribution in [3.63, 3.8) is 0 Å². The van der Waals surface area contributed by atoms with Gasteiger partial charge in [0.25, 0.3) is 5.91 Å². The fourth-order valence-corrected chi connectivity index (χ4v) is 3.80. The van der Waals surface area contributed by atoms with Crippen LogP contribution in [0, 0.1) is 0 Å². The van der Waals surface area contributed by atoms with E-state index in [0.717, 1.165) is 18.5 Å². The molecular formula is C22H23N3O4. The highest BCUT2D eigenvalue weighted by Gasteiger charge is 2.42. The van der Waals surface area contributed by atoms with Gasteiger partial charge in [0.1, 0.15) is 11.3 Å². The highest BCUT2D eigenvalue weighted by atomic mass is 16.5. The van der Waals surface area contributed by atoms with Crippen molar-refractivity contribution >= 4 is 16.9 Å². The molecule has 0 saturated heterocycles. The number of ether oxygens (including phenoxy) is 1. The van der Waals surface area contributed by atoms with E-state index in [9.17, 15) is 9.59 Å². The van der Waals surface area contributed by atoms with Gasteiger partial charge in [-0.3, -0.25) is 14.6 Å². The average Bonchev–Trinajstić information content (AvgIpc) is 3.00. The number of methoxy groups -OCH3 is 1. The molecule has 1 aromatic carbocycles. The molecule has 0 radical (unpaired) electrons. The Morgan fingerprint density at radius 3 is 2.76 bits per heavy atom. The molecule has 0 unspecified atom stereocenters. The molecule has 0 spiro atoms. The van der Waals surface area contributed by atoms with Gasteiger partial charge in [0.05, 0.1) is 24.1 Å². The average molecular weight is 393 g/mol. The van der Waals surface area contributed by atoms with Gasteiger partial charge in [-0.25, -0.2) is 0 Å². The second-order valence-electron chi connectivity index (χ2n) is 7.38. The maximum Gasteiger partial charge on any atom is 0.290 e. The summed E-state index contributed by atoms with van der Waals surface area (Å²) in [6.45, 7) is 1.35. The number of rotatable bonds is 6. The second-order valence-corrected chi connectivity index (χ2v) is 7.38. The number of pyridine rings is 1. The number of amides is 1. The van der Waals surface area contributed by atoms with Crippen LogP contribution < -0.4 is 10.2 Å².